The molecule has 2 heterocycles. The highest BCUT2D eigenvalue weighted by molar-refractivity contribution is 5.95. The molecule has 6 nitrogen and oxygen atoms in total. The van der Waals surface area contributed by atoms with Gasteiger partial charge in [-0.3, -0.25) is 4.79 Å². The Bertz CT molecular complexity index is 1020. The number of rotatable bonds is 6. The molecule has 0 saturated heterocycles. The van der Waals surface area contributed by atoms with E-state index in [0.29, 0.717) is 11.6 Å². The van der Waals surface area contributed by atoms with E-state index in [1.807, 2.05) is 0 Å². The molecule has 1 amide bonds. The van der Waals surface area contributed by atoms with Gasteiger partial charge in [0.2, 0.25) is 0 Å². The summed E-state index contributed by atoms with van der Waals surface area (Å²) < 4.78 is 54.2. The van der Waals surface area contributed by atoms with Crippen LogP contribution in [0.5, 0.6) is 0 Å². The van der Waals surface area contributed by atoms with Gasteiger partial charge in [0.1, 0.15) is 13.0 Å². The van der Waals surface area contributed by atoms with E-state index < -0.39 is 30.4 Å². The number of amides is 1. The summed E-state index contributed by atoms with van der Waals surface area (Å²) in [5.41, 5.74) is -0.834. The molecule has 158 valence electrons. The van der Waals surface area contributed by atoms with E-state index in [4.69, 9.17) is 0 Å². The van der Waals surface area contributed by atoms with E-state index in [9.17, 15) is 22.4 Å². The molecule has 1 aromatic carbocycles. The van der Waals surface area contributed by atoms with Gasteiger partial charge in [-0.2, -0.15) is 23.0 Å². The van der Waals surface area contributed by atoms with Crippen LogP contribution in [0.1, 0.15) is 40.3 Å². The molecule has 1 atom stereocenters. The Hall–Kier alpha value is -3.30. The molecule has 30 heavy (non-hydrogen) atoms. The van der Waals surface area contributed by atoms with Crippen LogP contribution in [0.15, 0.2) is 48.9 Å². The molecule has 10 heteroatoms. The first kappa shape index (κ1) is 21.4. The minimum absolute atomic E-state index is 0.175. The molecule has 0 aliphatic carbocycles. The third-order valence-electron chi connectivity index (χ3n) is 4.52. The predicted molar refractivity (Wildman–Crippen MR) is 101 cm³/mol. The molecular formula is C20H19F4N5O. The normalized spacial score (nSPS) is 12.6. The largest absolute Gasteiger partial charge is 0.416 e. The highest BCUT2D eigenvalue weighted by Gasteiger charge is 2.33. The van der Waals surface area contributed by atoms with Gasteiger partial charge in [-0.25, -0.2) is 14.4 Å². The summed E-state index contributed by atoms with van der Waals surface area (Å²) in [5, 5.41) is 4.11. The van der Waals surface area contributed by atoms with Crippen molar-refractivity contribution in [3.05, 3.63) is 71.4 Å². The van der Waals surface area contributed by atoms with Crippen molar-refractivity contribution in [1.82, 2.24) is 24.6 Å². The zero-order valence-electron chi connectivity index (χ0n) is 16.3. The number of pyridine rings is 1. The fourth-order valence-electron chi connectivity index (χ4n) is 3.13. The molecule has 0 bridgehead atoms. The van der Waals surface area contributed by atoms with Crippen molar-refractivity contribution in [3.8, 4) is 5.82 Å². The van der Waals surface area contributed by atoms with Crippen LogP contribution in [-0.4, -0.2) is 43.8 Å². The van der Waals surface area contributed by atoms with E-state index >= 15 is 0 Å². The quantitative estimate of drug-likeness (QED) is 0.561. The number of carbonyl (C=O) groups is 1. The summed E-state index contributed by atoms with van der Waals surface area (Å²) in [6.45, 7) is 1.89. The Balaban J connectivity index is 1.98. The highest BCUT2D eigenvalue weighted by Crippen LogP contribution is 2.31. The summed E-state index contributed by atoms with van der Waals surface area (Å²) >= 11 is 0. The second kappa shape index (κ2) is 8.60. The zero-order chi connectivity index (χ0) is 21.9. The SMILES string of the molecule is Cc1cc(C(=O)N(CCF)C(C)c2ncnn2-c2ccccn2)cc(C(F)(F)F)c1. The molecule has 1 unspecified atom stereocenters. The molecule has 3 rings (SSSR count). The third kappa shape index (κ3) is 4.47. The van der Waals surface area contributed by atoms with Crippen LogP contribution in [0, 0.1) is 6.92 Å². The average Bonchev–Trinajstić information content (AvgIpc) is 3.20. The number of alkyl halides is 4. The summed E-state index contributed by atoms with van der Waals surface area (Å²) in [7, 11) is 0. The lowest BCUT2D eigenvalue weighted by Crippen LogP contribution is -2.36. The number of hydrogen-bond donors (Lipinski definition) is 0. The van der Waals surface area contributed by atoms with Crippen LogP contribution in [0.2, 0.25) is 0 Å². The van der Waals surface area contributed by atoms with Gasteiger partial charge < -0.3 is 4.90 Å². The van der Waals surface area contributed by atoms with Gasteiger partial charge in [0.15, 0.2) is 11.6 Å². The van der Waals surface area contributed by atoms with Crippen molar-refractivity contribution in [3.63, 3.8) is 0 Å². The van der Waals surface area contributed by atoms with E-state index in [2.05, 4.69) is 15.1 Å². The molecule has 0 aliphatic heterocycles. The van der Waals surface area contributed by atoms with Gasteiger partial charge in [-0.05, 0) is 49.7 Å². The molecule has 0 spiro atoms. The summed E-state index contributed by atoms with van der Waals surface area (Å²) in [4.78, 5) is 22.5. The Morgan fingerprint density at radius 1 is 1.20 bits per heavy atom. The lowest BCUT2D eigenvalue weighted by Gasteiger charge is -2.28. The minimum atomic E-state index is -4.60. The van der Waals surface area contributed by atoms with Gasteiger partial charge >= 0.3 is 6.18 Å². The number of hydrogen-bond acceptors (Lipinski definition) is 4. The zero-order valence-corrected chi connectivity index (χ0v) is 16.3. The van der Waals surface area contributed by atoms with E-state index in [0.717, 1.165) is 17.0 Å². The smallest absolute Gasteiger partial charge is 0.326 e. The molecule has 0 fully saturated rings. The second-order valence-corrected chi connectivity index (χ2v) is 6.67. The molecule has 2 aromatic heterocycles. The summed E-state index contributed by atoms with van der Waals surface area (Å²) in [6, 6.07) is 7.45. The topological polar surface area (TPSA) is 63.9 Å². The number of aromatic nitrogens is 4. The summed E-state index contributed by atoms with van der Waals surface area (Å²) in [6.07, 6.45) is -1.77. The fourth-order valence-corrected chi connectivity index (χ4v) is 3.13. The lowest BCUT2D eigenvalue weighted by molar-refractivity contribution is -0.137. The van der Waals surface area contributed by atoms with Crippen LogP contribution >= 0.6 is 0 Å². The molecule has 0 radical (unpaired) electrons. The number of carbonyl (C=O) groups excluding carboxylic acids is 1. The van der Waals surface area contributed by atoms with Gasteiger partial charge in [-0.15, -0.1) is 0 Å². The Labute approximate surface area is 170 Å². The number of nitrogens with zero attached hydrogens (tertiary/aromatic N) is 5. The maximum Gasteiger partial charge on any atom is 0.416 e. The lowest BCUT2D eigenvalue weighted by atomic mass is 10.0. The summed E-state index contributed by atoms with van der Waals surface area (Å²) in [5.74, 6) is 0.0172. The Kier molecular flexibility index (Phi) is 6.14. The van der Waals surface area contributed by atoms with Crippen molar-refractivity contribution >= 4 is 5.91 Å². The third-order valence-corrected chi connectivity index (χ3v) is 4.52. The minimum Gasteiger partial charge on any atom is -0.326 e. The first-order valence-electron chi connectivity index (χ1n) is 9.09. The van der Waals surface area contributed by atoms with Crippen molar-refractivity contribution in [2.24, 2.45) is 0 Å². The van der Waals surface area contributed by atoms with Crippen LogP contribution in [-0.2, 0) is 6.18 Å². The van der Waals surface area contributed by atoms with Gasteiger partial charge in [0.05, 0.1) is 18.2 Å². The van der Waals surface area contributed by atoms with Crippen LogP contribution in [0.4, 0.5) is 17.6 Å². The van der Waals surface area contributed by atoms with E-state index in [1.165, 1.54) is 24.0 Å². The maximum absolute atomic E-state index is 13.3. The van der Waals surface area contributed by atoms with Gasteiger partial charge in [0, 0.05) is 11.8 Å². The highest BCUT2D eigenvalue weighted by atomic mass is 19.4. The van der Waals surface area contributed by atoms with Crippen LogP contribution in [0.25, 0.3) is 5.82 Å². The first-order chi connectivity index (χ1) is 14.2. The predicted octanol–water partition coefficient (Wildman–Crippen LogP) is 4.16. The number of benzene rings is 1. The molecule has 0 aliphatic rings. The average molecular weight is 421 g/mol. The Morgan fingerprint density at radius 3 is 2.60 bits per heavy atom. The van der Waals surface area contributed by atoms with E-state index in [-0.39, 0.29) is 17.7 Å². The molecular weight excluding hydrogens is 402 g/mol. The molecule has 3 aromatic rings. The van der Waals surface area contributed by atoms with Gasteiger partial charge in [0.25, 0.3) is 5.91 Å². The van der Waals surface area contributed by atoms with E-state index in [1.54, 1.807) is 31.3 Å². The second-order valence-electron chi connectivity index (χ2n) is 6.67. The number of halogens is 4. The number of aryl methyl sites for hydroxylation is 1. The molecule has 0 saturated carbocycles. The van der Waals surface area contributed by atoms with Gasteiger partial charge in [-0.1, -0.05) is 6.07 Å². The van der Waals surface area contributed by atoms with Crippen molar-refractivity contribution in [2.45, 2.75) is 26.1 Å². The Morgan fingerprint density at radius 2 is 1.97 bits per heavy atom. The van der Waals surface area contributed by atoms with Crippen LogP contribution in [0.3, 0.4) is 0 Å². The first-order valence-corrected chi connectivity index (χ1v) is 9.09. The maximum atomic E-state index is 13.3. The van der Waals surface area contributed by atoms with Crippen molar-refractivity contribution < 1.29 is 22.4 Å². The van der Waals surface area contributed by atoms with Crippen molar-refractivity contribution in [2.75, 3.05) is 13.2 Å². The molecule has 0 N–H and O–H groups in total. The van der Waals surface area contributed by atoms with Crippen LogP contribution < -0.4 is 0 Å². The monoisotopic (exact) mass is 421 g/mol. The van der Waals surface area contributed by atoms with Crippen molar-refractivity contribution in [1.29, 1.82) is 0 Å². The fraction of sp³-hybridized carbons (Fsp3) is 0.300. The standard InChI is InChI=1S/C20H19F4N5O/c1-13-9-15(11-16(10-13)20(22,23)24)19(30)28(8-6-21)14(2)18-26-12-27-29(18)17-5-3-4-7-25-17/h3-5,7,9-12,14H,6,8H2,1-2H3.